The van der Waals surface area contributed by atoms with E-state index in [9.17, 15) is 9.00 Å². The molecule has 1 aromatic carbocycles. The molecule has 1 atom stereocenters. The molecule has 0 fully saturated rings. The van der Waals surface area contributed by atoms with Gasteiger partial charge in [-0.2, -0.15) is 0 Å². The first-order valence-electron chi connectivity index (χ1n) is 7.09. The minimum Gasteiger partial charge on any atom is -0.460 e. The molecule has 2 rings (SSSR count). The largest absolute Gasteiger partial charge is 0.460 e. The number of carbonyl (C=O) groups is 1. The smallest absolute Gasteiger partial charge is 0.377 e. The summed E-state index contributed by atoms with van der Waals surface area (Å²) in [5, 5.41) is 4.39. The highest BCUT2D eigenvalue weighted by molar-refractivity contribution is 7.86. The fourth-order valence-electron chi connectivity index (χ4n) is 1.90. The van der Waals surface area contributed by atoms with Gasteiger partial charge >= 0.3 is 5.97 Å². The van der Waals surface area contributed by atoms with Gasteiger partial charge in [-0.25, -0.2) is 9.00 Å². The Hall–Kier alpha value is -1.86. The van der Waals surface area contributed by atoms with Gasteiger partial charge in [0.2, 0.25) is 5.76 Å². The molecule has 0 aliphatic rings. The number of rotatable bonds is 7. The van der Waals surface area contributed by atoms with Crippen LogP contribution in [0.5, 0.6) is 0 Å². The van der Waals surface area contributed by atoms with E-state index in [1.54, 1.807) is 29.4 Å². The van der Waals surface area contributed by atoms with Crippen molar-refractivity contribution in [3.05, 3.63) is 46.8 Å². The molecule has 1 unspecified atom stereocenters. The zero-order valence-electron chi connectivity index (χ0n) is 12.8. The maximum absolute atomic E-state index is 12.3. The molecular weight excluding hydrogens is 340 g/mol. The number of hydrogen-bond donors (Lipinski definition) is 0. The average Bonchev–Trinajstić information content (AvgIpc) is 3.01. The van der Waals surface area contributed by atoms with Crippen LogP contribution in [0.4, 0.5) is 5.69 Å². The van der Waals surface area contributed by atoms with Crippen LogP contribution in [0, 0.1) is 0 Å². The molecule has 1 aromatic heterocycles. The molecule has 1 heterocycles. The number of nitrogens with zero attached hydrogens (tertiary/aromatic N) is 2. The molecule has 0 saturated carbocycles. The zero-order valence-corrected chi connectivity index (χ0v) is 14.4. The van der Waals surface area contributed by atoms with E-state index in [1.165, 1.54) is 6.07 Å². The molecule has 0 N–H and O–H groups in total. The summed E-state index contributed by atoms with van der Waals surface area (Å²) < 4.78 is 23.8. The van der Waals surface area contributed by atoms with Gasteiger partial charge in [-0.05, 0) is 25.1 Å². The van der Waals surface area contributed by atoms with Crippen molar-refractivity contribution >= 4 is 34.2 Å². The molecule has 0 saturated heterocycles. The van der Waals surface area contributed by atoms with Crippen LogP contribution in [0.2, 0.25) is 5.02 Å². The lowest BCUT2D eigenvalue weighted by Gasteiger charge is -2.21. The number of halogens is 1. The SMILES string of the molecule is CCOC(=O)c1cc(CN(c2cccc(Cl)c2)S(=O)CC)no1. The van der Waals surface area contributed by atoms with E-state index in [2.05, 4.69) is 5.16 Å². The van der Waals surface area contributed by atoms with Gasteiger partial charge in [0.05, 0.1) is 18.8 Å². The van der Waals surface area contributed by atoms with Crippen molar-refractivity contribution in [1.82, 2.24) is 5.16 Å². The van der Waals surface area contributed by atoms with E-state index in [0.29, 0.717) is 22.2 Å². The summed E-state index contributed by atoms with van der Waals surface area (Å²) in [7, 11) is -1.25. The van der Waals surface area contributed by atoms with Gasteiger partial charge in [-0.1, -0.05) is 29.7 Å². The Morgan fingerprint density at radius 2 is 2.17 bits per heavy atom. The second-order valence-corrected chi connectivity index (χ2v) is 6.63. The van der Waals surface area contributed by atoms with E-state index < -0.39 is 17.0 Å². The van der Waals surface area contributed by atoms with Crippen molar-refractivity contribution in [2.24, 2.45) is 0 Å². The van der Waals surface area contributed by atoms with Crippen LogP contribution in [0.25, 0.3) is 0 Å². The highest BCUT2D eigenvalue weighted by Gasteiger charge is 2.19. The Morgan fingerprint density at radius 1 is 1.39 bits per heavy atom. The third-order valence-electron chi connectivity index (χ3n) is 2.93. The first-order valence-corrected chi connectivity index (χ1v) is 8.74. The Bertz CT molecular complexity index is 704. The van der Waals surface area contributed by atoms with Gasteiger partial charge < -0.3 is 9.26 Å². The van der Waals surface area contributed by atoms with E-state index in [4.69, 9.17) is 20.9 Å². The maximum atomic E-state index is 12.3. The van der Waals surface area contributed by atoms with Gasteiger partial charge in [-0.3, -0.25) is 4.31 Å². The van der Waals surface area contributed by atoms with Crippen molar-refractivity contribution in [2.75, 3.05) is 16.7 Å². The monoisotopic (exact) mass is 356 g/mol. The topological polar surface area (TPSA) is 72.6 Å². The zero-order chi connectivity index (χ0) is 16.8. The third-order valence-corrected chi connectivity index (χ3v) is 4.49. The lowest BCUT2D eigenvalue weighted by molar-refractivity contribution is 0.0479. The fraction of sp³-hybridized carbons (Fsp3) is 0.333. The minimum absolute atomic E-state index is 0.0233. The fourth-order valence-corrected chi connectivity index (χ4v) is 3.02. The van der Waals surface area contributed by atoms with Gasteiger partial charge in [0, 0.05) is 16.8 Å². The number of benzene rings is 1. The average molecular weight is 357 g/mol. The summed E-state index contributed by atoms with van der Waals surface area (Å²) in [5.74, 6) is -0.109. The summed E-state index contributed by atoms with van der Waals surface area (Å²) in [6, 6.07) is 8.55. The van der Waals surface area contributed by atoms with E-state index in [-0.39, 0.29) is 18.9 Å². The molecular formula is C15H17ClN2O4S. The number of aromatic nitrogens is 1. The maximum Gasteiger partial charge on any atom is 0.377 e. The van der Waals surface area contributed by atoms with E-state index in [1.807, 2.05) is 13.0 Å². The summed E-state index contributed by atoms with van der Waals surface area (Å²) in [6.45, 7) is 4.01. The molecule has 0 spiro atoms. The molecule has 8 heteroatoms. The number of hydrogen-bond acceptors (Lipinski definition) is 5. The Kier molecular flexibility index (Phi) is 6.18. The summed E-state index contributed by atoms with van der Waals surface area (Å²) in [6.07, 6.45) is 0. The molecule has 6 nitrogen and oxygen atoms in total. The lowest BCUT2D eigenvalue weighted by Crippen LogP contribution is -2.26. The molecule has 0 bridgehead atoms. The Morgan fingerprint density at radius 3 is 2.83 bits per heavy atom. The van der Waals surface area contributed by atoms with Crippen LogP contribution in [0.1, 0.15) is 30.1 Å². The number of ether oxygens (including phenoxy) is 1. The molecule has 0 radical (unpaired) electrons. The summed E-state index contributed by atoms with van der Waals surface area (Å²) in [4.78, 5) is 11.6. The minimum atomic E-state index is -1.25. The van der Waals surface area contributed by atoms with Gasteiger partial charge in [-0.15, -0.1) is 0 Å². The number of carbonyl (C=O) groups excluding carboxylic acids is 1. The summed E-state index contributed by atoms with van der Waals surface area (Å²) >= 11 is 6.00. The Balaban J connectivity index is 2.22. The van der Waals surface area contributed by atoms with Crippen molar-refractivity contribution in [1.29, 1.82) is 0 Å². The first kappa shape index (κ1) is 17.5. The van der Waals surface area contributed by atoms with Crippen LogP contribution in [-0.4, -0.2) is 27.7 Å². The summed E-state index contributed by atoms with van der Waals surface area (Å²) in [5.41, 5.74) is 1.19. The van der Waals surface area contributed by atoms with Crippen molar-refractivity contribution in [3.8, 4) is 0 Å². The van der Waals surface area contributed by atoms with Gasteiger partial charge in [0.25, 0.3) is 0 Å². The van der Waals surface area contributed by atoms with Gasteiger partial charge in [0.15, 0.2) is 0 Å². The molecule has 2 aromatic rings. The van der Waals surface area contributed by atoms with Gasteiger partial charge in [0.1, 0.15) is 16.7 Å². The van der Waals surface area contributed by atoms with Crippen LogP contribution in [0.3, 0.4) is 0 Å². The van der Waals surface area contributed by atoms with Crippen LogP contribution in [-0.2, 0) is 22.3 Å². The standard InChI is InChI=1S/C15H17ClN2O4S/c1-3-21-15(19)14-9-12(17-22-14)10-18(23(20)4-2)13-7-5-6-11(16)8-13/h5-9H,3-4,10H2,1-2H3. The second kappa shape index (κ2) is 8.12. The van der Waals surface area contributed by atoms with E-state index >= 15 is 0 Å². The second-order valence-electron chi connectivity index (χ2n) is 4.53. The number of esters is 1. The van der Waals surface area contributed by atoms with Crippen LogP contribution >= 0.6 is 11.6 Å². The van der Waals surface area contributed by atoms with Crippen LogP contribution < -0.4 is 4.31 Å². The normalized spacial score (nSPS) is 12.0. The van der Waals surface area contributed by atoms with Crippen molar-refractivity contribution < 1.29 is 18.3 Å². The predicted molar refractivity (Wildman–Crippen MR) is 88.8 cm³/mol. The highest BCUT2D eigenvalue weighted by Crippen LogP contribution is 2.23. The molecule has 0 aliphatic heterocycles. The quantitative estimate of drug-likeness (QED) is 0.712. The molecule has 23 heavy (non-hydrogen) atoms. The first-order chi connectivity index (χ1) is 11.0. The van der Waals surface area contributed by atoms with Crippen LogP contribution in [0.15, 0.2) is 34.9 Å². The van der Waals surface area contributed by atoms with Crippen molar-refractivity contribution in [2.45, 2.75) is 20.4 Å². The lowest BCUT2D eigenvalue weighted by atomic mass is 10.3. The molecule has 0 aliphatic carbocycles. The third kappa shape index (κ3) is 4.56. The number of anilines is 1. The molecule has 124 valence electrons. The Labute approximate surface area is 141 Å². The molecule has 0 amide bonds. The predicted octanol–water partition coefficient (Wildman–Crippen LogP) is 3.19. The van der Waals surface area contributed by atoms with E-state index in [0.717, 1.165) is 0 Å². The highest BCUT2D eigenvalue weighted by atomic mass is 35.5. The van der Waals surface area contributed by atoms with Crippen molar-refractivity contribution in [3.63, 3.8) is 0 Å².